The molecule has 0 spiro atoms. The molecule has 5 N–H and O–H groups in total. The topological polar surface area (TPSA) is 131 Å². The van der Waals surface area contributed by atoms with Gasteiger partial charge in [-0.05, 0) is 61.3 Å². The number of aliphatic hydroxyl groups excluding tert-OH is 2. The van der Waals surface area contributed by atoms with E-state index in [0.717, 1.165) is 23.8 Å². The number of carbonyl (C=O) groups is 3. The number of halogens is 2. The summed E-state index contributed by atoms with van der Waals surface area (Å²) in [6.45, 7) is 5.73. The van der Waals surface area contributed by atoms with Crippen molar-refractivity contribution in [3.05, 3.63) is 71.3 Å². The summed E-state index contributed by atoms with van der Waals surface area (Å²) in [4.78, 5) is 42.0. The van der Waals surface area contributed by atoms with E-state index in [0.29, 0.717) is 19.3 Å². The predicted octanol–water partition coefficient (Wildman–Crippen LogP) is 2.23. The molecule has 2 aromatic rings. The third-order valence-electron chi connectivity index (χ3n) is 9.14. The summed E-state index contributed by atoms with van der Waals surface area (Å²) in [6.07, 6.45) is 0.00608. The molecular weight excluding hydrogens is 570 g/mol. The number of aliphatic hydroxyl groups is 2. The van der Waals surface area contributed by atoms with Gasteiger partial charge in [0.2, 0.25) is 17.7 Å². The van der Waals surface area contributed by atoms with E-state index in [1.807, 2.05) is 44.2 Å². The Balaban J connectivity index is 1.64. The van der Waals surface area contributed by atoms with Crippen LogP contribution in [0.1, 0.15) is 57.6 Å². The Hall–Kier alpha value is -3.41. The van der Waals surface area contributed by atoms with E-state index >= 15 is 0 Å². The van der Waals surface area contributed by atoms with E-state index in [1.165, 1.54) is 11.8 Å². The molecule has 0 radical (unpaired) electrons. The summed E-state index contributed by atoms with van der Waals surface area (Å²) in [6, 6.07) is 10.1. The first-order valence-electron chi connectivity index (χ1n) is 15.4. The van der Waals surface area contributed by atoms with Crippen molar-refractivity contribution in [3.8, 4) is 0 Å². The van der Waals surface area contributed by atoms with Crippen LogP contribution < -0.4 is 16.0 Å². The van der Waals surface area contributed by atoms with E-state index in [2.05, 4.69) is 16.0 Å². The largest absolute Gasteiger partial charge is 0.392 e. The van der Waals surface area contributed by atoms with Crippen molar-refractivity contribution >= 4 is 17.7 Å². The Bertz CT molecular complexity index is 1290. The zero-order chi connectivity index (χ0) is 32.0. The van der Waals surface area contributed by atoms with Crippen LogP contribution in [0.25, 0.3) is 0 Å². The molecule has 11 heteroatoms. The molecule has 0 saturated carbocycles. The normalized spacial score (nSPS) is 24.5. The number of carbonyl (C=O) groups excluding carboxylic acids is 3. The highest BCUT2D eigenvalue weighted by atomic mass is 19.1. The molecule has 0 aromatic heterocycles. The van der Waals surface area contributed by atoms with E-state index < -0.39 is 53.4 Å². The fraction of sp³-hybridized carbons (Fsp3) is 0.545. The lowest BCUT2D eigenvalue weighted by molar-refractivity contribution is -0.144. The van der Waals surface area contributed by atoms with Crippen molar-refractivity contribution in [2.24, 2.45) is 5.92 Å². The molecular formula is C33H44F2N4O5. The number of likely N-dealkylation sites (tertiary alicyclic amines) is 1. The fourth-order valence-electron chi connectivity index (χ4n) is 6.60. The van der Waals surface area contributed by atoms with Crippen molar-refractivity contribution in [1.82, 2.24) is 20.9 Å². The van der Waals surface area contributed by atoms with Gasteiger partial charge in [0.15, 0.2) is 0 Å². The van der Waals surface area contributed by atoms with Crippen LogP contribution in [0.3, 0.4) is 0 Å². The van der Waals surface area contributed by atoms with Crippen LogP contribution in [0.15, 0.2) is 48.5 Å². The third kappa shape index (κ3) is 7.80. The van der Waals surface area contributed by atoms with Crippen LogP contribution in [-0.4, -0.2) is 81.8 Å². The second kappa shape index (κ2) is 14.6. The smallest absolute Gasteiger partial charge is 0.249 e. The van der Waals surface area contributed by atoms with Gasteiger partial charge in [-0.1, -0.05) is 50.6 Å². The Morgan fingerprint density at radius 2 is 1.82 bits per heavy atom. The maximum Gasteiger partial charge on any atom is 0.249 e. The van der Waals surface area contributed by atoms with E-state index in [-0.39, 0.29) is 55.6 Å². The van der Waals surface area contributed by atoms with Crippen LogP contribution in [-0.2, 0) is 27.2 Å². The number of nitrogens with one attached hydrogen (secondary N) is 3. The first kappa shape index (κ1) is 33.5. The maximum absolute atomic E-state index is 14.2. The maximum atomic E-state index is 14.2. The molecule has 4 rings (SSSR count). The number of nitrogens with zero attached hydrogens (tertiary/aromatic N) is 1. The van der Waals surface area contributed by atoms with Gasteiger partial charge in [0, 0.05) is 32.1 Å². The lowest BCUT2D eigenvalue weighted by Gasteiger charge is -2.36. The molecule has 2 heterocycles. The van der Waals surface area contributed by atoms with Crippen LogP contribution in [0.2, 0.25) is 0 Å². The predicted molar refractivity (Wildman–Crippen MR) is 161 cm³/mol. The van der Waals surface area contributed by atoms with Gasteiger partial charge < -0.3 is 31.1 Å². The van der Waals surface area contributed by atoms with Crippen LogP contribution >= 0.6 is 0 Å². The number of aryl methyl sites for hydroxylation is 1. The van der Waals surface area contributed by atoms with Gasteiger partial charge in [0.1, 0.15) is 23.2 Å². The second-order valence-corrected chi connectivity index (χ2v) is 12.2. The summed E-state index contributed by atoms with van der Waals surface area (Å²) >= 11 is 0. The monoisotopic (exact) mass is 614 g/mol. The van der Waals surface area contributed by atoms with Gasteiger partial charge in [-0.2, -0.15) is 0 Å². The summed E-state index contributed by atoms with van der Waals surface area (Å²) in [7, 11) is 0. The molecule has 2 saturated heterocycles. The summed E-state index contributed by atoms with van der Waals surface area (Å²) in [5.41, 5.74) is 0.0706. The molecule has 0 bridgehead atoms. The lowest BCUT2D eigenvalue weighted by atomic mass is 9.81. The Morgan fingerprint density at radius 1 is 1.14 bits per heavy atom. The summed E-state index contributed by atoms with van der Waals surface area (Å²) < 4.78 is 28.2. The average Bonchev–Trinajstić information content (AvgIpc) is 3.55. The quantitative estimate of drug-likeness (QED) is 0.235. The van der Waals surface area contributed by atoms with Gasteiger partial charge in [0.05, 0.1) is 18.2 Å². The highest BCUT2D eigenvalue weighted by Crippen LogP contribution is 2.34. The molecule has 7 atom stereocenters. The van der Waals surface area contributed by atoms with Gasteiger partial charge in [-0.15, -0.1) is 0 Å². The van der Waals surface area contributed by atoms with Crippen LogP contribution in [0, 0.1) is 17.6 Å². The SMILES string of the molecule is CC[C@@H](C)[C@@]1(NC(C)=O)CCN([C@@H](CCc2ccccc2)C(=O)N[C@@H](Cc2cc(F)cc(F)c2)[C@H](O)[C@H]2C[C@@H](O)CN2)C1=O. The standard InChI is InChI=1S/C33H44F2N4O5/c1-4-20(2)33(38-21(3)40)12-13-39(32(33)44)29(11-10-22-8-6-5-7-9-22)31(43)37-28(30(42)27-18-26(41)19-36-27)16-23-14-24(34)17-25(35)15-23/h5-9,14-15,17,20,26-30,36,41-42H,4,10-13,16,18-19H2,1-3H3,(H,37,43)(H,38,40)/t20-,26-,27-,28+,29+,30-,33+/m1/s1. The molecule has 44 heavy (non-hydrogen) atoms. The van der Waals surface area contributed by atoms with Crippen molar-refractivity contribution in [3.63, 3.8) is 0 Å². The van der Waals surface area contributed by atoms with Gasteiger partial charge in [0.25, 0.3) is 0 Å². The van der Waals surface area contributed by atoms with Crippen LogP contribution in [0.4, 0.5) is 8.78 Å². The molecule has 2 aliphatic heterocycles. The van der Waals surface area contributed by atoms with E-state index in [1.54, 1.807) is 0 Å². The number of hydrogen-bond donors (Lipinski definition) is 5. The molecule has 240 valence electrons. The van der Waals surface area contributed by atoms with Crippen molar-refractivity contribution in [2.45, 2.75) is 95.2 Å². The number of β-amino-alcohol motifs (C(OH)–C–C–N with tert-alkyl or cyclic N) is 1. The van der Waals surface area contributed by atoms with Gasteiger partial charge >= 0.3 is 0 Å². The molecule has 0 aliphatic carbocycles. The minimum absolute atomic E-state index is 0.0854. The minimum Gasteiger partial charge on any atom is -0.392 e. The zero-order valence-electron chi connectivity index (χ0n) is 25.6. The first-order chi connectivity index (χ1) is 20.9. The Labute approximate surface area is 257 Å². The number of amides is 3. The van der Waals surface area contributed by atoms with Crippen molar-refractivity contribution in [1.29, 1.82) is 0 Å². The number of hydrogen-bond acceptors (Lipinski definition) is 6. The molecule has 2 fully saturated rings. The highest BCUT2D eigenvalue weighted by molar-refractivity contribution is 5.96. The first-order valence-corrected chi connectivity index (χ1v) is 15.4. The van der Waals surface area contributed by atoms with E-state index in [9.17, 15) is 33.4 Å². The minimum atomic E-state index is -1.20. The molecule has 0 unspecified atom stereocenters. The fourth-order valence-corrected chi connectivity index (χ4v) is 6.60. The number of rotatable bonds is 13. The lowest BCUT2D eigenvalue weighted by Crippen LogP contribution is -2.61. The molecule has 3 amide bonds. The molecule has 2 aliphatic rings. The van der Waals surface area contributed by atoms with Gasteiger partial charge in [-0.3, -0.25) is 14.4 Å². The zero-order valence-corrected chi connectivity index (χ0v) is 25.6. The van der Waals surface area contributed by atoms with Gasteiger partial charge in [-0.25, -0.2) is 8.78 Å². The average molecular weight is 615 g/mol. The van der Waals surface area contributed by atoms with Crippen LogP contribution in [0.5, 0.6) is 0 Å². The van der Waals surface area contributed by atoms with Crippen molar-refractivity contribution < 1.29 is 33.4 Å². The second-order valence-electron chi connectivity index (χ2n) is 12.2. The molecule has 9 nitrogen and oxygen atoms in total. The number of benzene rings is 2. The Kier molecular flexibility index (Phi) is 11.1. The summed E-state index contributed by atoms with van der Waals surface area (Å²) in [5, 5.41) is 30.3. The highest BCUT2D eigenvalue weighted by Gasteiger charge is 2.53. The third-order valence-corrected chi connectivity index (χ3v) is 9.14. The summed E-state index contributed by atoms with van der Waals surface area (Å²) in [5.74, 6) is -2.92. The van der Waals surface area contributed by atoms with E-state index in [4.69, 9.17) is 0 Å². The van der Waals surface area contributed by atoms with Crippen molar-refractivity contribution in [2.75, 3.05) is 13.1 Å². The Morgan fingerprint density at radius 3 is 2.41 bits per heavy atom. The molecule has 2 aromatic carbocycles.